The zero-order valence-electron chi connectivity index (χ0n) is 12.2. The number of carbonyl (C=O) groups is 1. The minimum absolute atomic E-state index is 0.0251. The summed E-state index contributed by atoms with van der Waals surface area (Å²) in [6.45, 7) is 5.34. The van der Waals surface area contributed by atoms with Crippen molar-refractivity contribution in [1.29, 1.82) is 0 Å². The van der Waals surface area contributed by atoms with Gasteiger partial charge in [0.25, 0.3) is 5.69 Å². The summed E-state index contributed by atoms with van der Waals surface area (Å²) in [7, 11) is 0. The van der Waals surface area contributed by atoms with Crippen LogP contribution in [-0.2, 0) is 9.53 Å². The van der Waals surface area contributed by atoms with E-state index < -0.39 is 4.92 Å². The van der Waals surface area contributed by atoms with Crippen molar-refractivity contribution in [2.75, 3.05) is 26.3 Å². The number of aryl methyl sites for hydroxylation is 1. The number of nitrogens with zero attached hydrogens (tertiary/aromatic N) is 2. The van der Waals surface area contributed by atoms with Gasteiger partial charge in [0.1, 0.15) is 6.17 Å². The lowest BCUT2D eigenvalue weighted by Gasteiger charge is -2.24. The number of nitrogens with one attached hydrogen (secondary N) is 1. The lowest BCUT2D eigenvalue weighted by molar-refractivity contribution is -0.385. The number of nitro benzene ring substituents is 1. The Morgan fingerprint density at radius 2 is 2.29 bits per heavy atom. The predicted octanol–water partition coefficient (Wildman–Crippen LogP) is 1.37. The maximum atomic E-state index is 11.9. The lowest BCUT2D eigenvalue weighted by atomic mass is 10.1. The molecule has 1 heterocycles. The van der Waals surface area contributed by atoms with E-state index in [-0.39, 0.29) is 24.3 Å². The first kappa shape index (κ1) is 15.4. The topological polar surface area (TPSA) is 84.7 Å². The number of rotatable bonds is 6. The second-order valence-corrected chi connectivity index (χ2v) is 4.87. The quantitative estimate of drug-likeness (QED) is 0.486. The third-order valence-electron chi connectivity index (χ3n) is 3.50. The number of ether oxygens (including phenoxy) is 1. The molecular formula is C14H19N3O4. The number of hydrogen-bond acceptors (Lipinski definition) is 5. The van der Waals surface area contributed by atoms with E-state index in [1.54, 1.807) is 17.9 Å². The SMILES string of the molecule is CCOCCN1C(=O)CNC1c1ccc(C)c([N+](=O)[O-])c1. The lowest BCUT2D eigenvalue weighted by Crippen LogP contribution is -2.33. The Kier molecular flexibility index (Phi) is 4.87. The third kappa shape index (κ3) is 3.37. The van der Waals surface area contributed by atoms with Gasteiger partial charge in [0.05, 0.1) is 18.1 Å². The van der Waals surface area contributed by atoms with E-state index in [9.17, 15) is 14.9 Å². The van der Waals surface area contributed by atoms with Crippen LogP contribution >= 0.6 is 0 Å². The molecule has 0 saturated carbocycles. The van der Waals surface area contributed by atoms with Crippen LogP contribution in [-0.4, -0.2) is 42.0 Å². The summed E-state index contributed by atoms with van der Waals surface area (Å²) in [5.74, 6) is -0.0251. The van der Waals surface area contributed by atoms with Crippen molar-refractivity contribution in [1.82, 2.24) is 10.2 Å². The molecule has 1 saturated heterocycles. The Hall–Kier alpha value is -1.99. The van der Waals surface area contributed by atoms with Gasteiger partial charge in [-0.3, -0.25) is 20.2 Å². The highest BCUT2D eigenvalue weighted by atomic mass is 16.6. The van der Waals surface area contributed by atoms with Gasteiger partial charge in [-0.25, -0.2) is 0 Å². The first-order valence-corrected chi connectivity index (χ1v) is 6.90. The normalized spacial score (nSPS) is 18.3. The maximum Gasteiger partial charge on any atom is 0.272 e. The molecule has 1 amide bonds. The summed E-state index contributed by atoms with van der Waals surface area (Å²) < 4.78 is 5.28. The standard InChI is InChI=1S/C14H19N3O4/c1-3-21-7-6-16-13(18)9-15-14(16)11-5-4-10(2)12(8-11)17(19)20/h4-5,8,14-15H,3,6-7,9H2,1-2H3. The molecule has 1 aliphatic rings. The molecular weight excluding hydrogens is 274 g/mol. The van der Waals surface area contributed by atoms with Gasteiger partial charge in [-0.15, -0.1) is 0 Å². The average molecular weight is 293 g/mol. The van der Waals surface area contributed by atoms with Gasteiger partial charge in [-0.05, 0) is 19.4 Å². The Labute approximate surface area is 123 Å². The molecule has 7 heteroatoms. The fourth-order valence-electron chi connectivity index (χ4n) is 2.39. The number of carbonyl (C=O) groups excluding carboxylic acids is 1. The van der Waals surface area contributed by atoms with Gasteiger partial charge in [-0.2, -0.15) is 0 Å². The van der Waals surface area contributed by atoms with E-state index >= 15 is 0 Å². The van der Waals surface area contributed by atoms with Crippen molar-refractivity contribution in [3.63, 3.8) is 0 Å². The van der Waals surface area contributed by atoms with E-state index in [4.69, 9.17) is 4.74 Å². The van der Waals surface area contributed by atoms with Crippen LogP contribution in [0.25, 0.3) is 0 Å². The molecule has 114 valence electrons. The molecule has 0 bridgehead atoms. The molecule has 21 heavy (non-hydrogen) atoms. The van der Waals surface area contributed by atoms with Crippen LogP contribution < -0.4 is 5.32 Å². The van der Waals surface area contributed by atoms with Gasteiger partial charge in [-0.1, -0.05) is 12.1 Å². The monoisotopic (exact) mass is 293 g/mol. The number of amides is 1. The molecule has 1 fully saturated rings. The predicted molar refractivity (Wildman–Crippen MR) is 76.8 cm³/mol. The fourth-order valence-corrected chi connectivity index (χ4v) is 2.39. The highest BCUT2D eigenvalue weighted by Gasteiger charge is 2.32. The summed E-state index contributed by atoms with van der Waals surface area (Å²) >= 11 is 0. The largest absolute Gasteiger partial charge is 0.380 e. The molecule has 0 aromatic heterocycles. The summed E-state index contributed by atoms with van der Waals surface area (Å²) in [6.07, 6.45) is -0.336. The molecule has 2 rings (SSSR count). The van der Waals surface area contributed by atoms with E-state index in [2.05, 4.69) is 5.32 Å². The Bertz CT molecular complexity index is 547. The number of benzene rings is 1. The summed E-state index contributed by atoms with van der Waals surface area (Å²) in [5.41, 5.74) is 1.39. The average Bonchev–Trinajstić information content (AvgIpc) is 2.81. The van der Waals surface area contributed by atoms with Crippen molar-refractivity contribution in [3.05, 3.63) is 39.4 Å². The molecule has 1 unspecified atom stereocenters. The molecule has 0 aliphatic carbocycles. The molecule has 1 N–H and O–H groups in total. The van der Waals surface area contributed by atoms with E-state index in [1.807, 2.05) is 13.0 Å². The smallest absolute Gasteiger partial charge is 0.272 e. The van der Waals surface area contributed by atoms with E-state index in [0.717, 1.165) is 5.56 Å². The zero-order valence-corrected chi connectivity index (χ0v) is 12.2. The second-order valence-electron chi connectivity index (χ2n) is 4.87. The van der Waals surface area contributed by atoms with Crippen LogP contribution in [0, 0.1) is 17.0 Å². The summed E-state index contributed by atoms with van der Waals surface area (Å²) in [5, 5.41) is 14.1. The minimum Gasteiger partial charge on any atom is -0.380 e. The van der Waals surface area contributed by atoms with Crippen LogP contribution in [0.5, 0.6) is 0 Å². The number of hydrogen-bond donors (Lipinski definition) is 1. The Morgan fingerprint density at radius 3 is 2.95 bits per heavy atom. The molecule has 1 atom stereocenters. The van der Waals surface area contributed by atoms with Gasteiger partial charge in [0.15, 0.2) is 0 Å². The third-order valence-corrected chi connectivity index (χ3v) is 3.50. The van der Waals surface area contributed by atoms with Gasteiger partial charge in [0.2, 0.25) is 5.91 Å². The molecule has 1 aromatic rings. The van der Waals surface area contributed by atoms with Crippen LogP contribution in [0.1, 0.15) is 24.2 Å². The zero-order chi connectivity index (χ0) is 15.4. The highest BCUT2D eigenvalue weighted by molar-refractivity contribution is 5.81. The first-order valence-electron chi connectivity index (χ1n) is 6.90. The summed E-state index contributed by atoms with van der Waals surface area (Å²) in [6, 6.07) is 5.05. The van der Waals surface area contributed by atoms with E-state index in [1.165, 1.54) is 6.07 Å². The Morgan fingerprint density at radius 1 is 1.52 bits per heavy atom. The highest BCUT2D eigenvalue weighted by Crippen LogP contribution is 2.27. The van der Waals surface area contributed by atoms with Gasteiger partial charge >= 0.3 is 0 Å². The second kappa shape index (κ2) is 6.64. The fraction of sp³-hybridized carbons (Fsp3) is 0.500. The number of nitro groups is 1. The first-order chi connectivity index (χ1) is 10.0. The van der Waals surface area contributed by atoms with Crippen molar-refractivity contribution >= 4 is 11.6 Å². The Balaban J connectivity index is 2.21. The summed E-state index contributed by atoms with van der Waals surface area (Å²) in [4.78, 5) is 24.2. The molecule has 0 spiro atoms. The minimum atomic E-state index is -0.403. The van der Waals surface area contributed by atoms with Crippen LogP contribution in [0.15, 0.2) is 18.2 Å². The molecule has 0 radical (unpaired) electrons. The van der Waals surface area contributed by atoms with Crippen molar-refractivity contribution in [2.24, 2.45) is 0 Å². The van der Waals surface area contributed by atoms with Crippen molar-refractivity contribution < 1.29 is 14.5 Å². The van der Waals surface area contributed by atoms with Crippen molar-refractivity contribution in [2.45, 2.75) is 20.0 Å². The molecule has 1 aromatic carbocycles. The van der Waals surface area contributed by atoms with Gasteiger partial charge < -0.3 is 9.64 Å². The van der Waals surface area contributed by atoms with Gasteiger partial charge in [0, 0.05) is 24.8 Å². The molecule has 1 aliphatic heterocycles. The van der Waals surface area contributed by atoms with Crippen molar-refractivity contribution in [3.8, 4) is 0 Å². The van der Waals surface area contributed by atoms with Crippen LogP contribution in [0.2, 0.25) is 0 Å². The van der Waals surface area contributed by atoms with E-state index in [0.29, 0.717) is 25.3 Å². The van der Waals surface area contributed by atoms with Crippen LogP contribution in [0.3, 0.4) is 0 Å². The molecule has 7 nitrogen and oxygen atoms in total. The maximum absolute atomic E-state index is 11.9. The van der Waals surface area contributed by atoms with Crippen LogP contribution in [0.4, 0.5) is 5.69 Å².